The zero-order valence-electron chi connectivity index (χ0n) is 10.7. The Hall–Kier alpha value is -1.02. The van der Waals surface area contributed by atoms with Gasteiger partial charge in [-0.05, 0) is 61.9 Å². The van der Waals surface area contributed by atoms with Crippen molar-refractivity contribution in [2.75, 3.05) is 20.2 Å². The van der Waals surface area contributed by atoms with E-state index >= 15 is 0 Å². The van der Waals surface area contributed by atoms with E-state index in [0.717, 1.165) is 18.8 Å². The fourth-order valence-electron chi connectivity index (χ4n) is 2.75. The van der Waals surface area contributed by atoms with Crippen molar-refractivity contribution < 1.29 is 4.74 Å². The van der Waals surface area contributed by atoms with Crippen LogP contribution in [0.15, 0.2) is 6.07 Å². The topological polar surface area (TPSA) is 21.3 Å². The van der Waals surface area contributed by atoms with Crippen LogP contribution in [0.1, 0.15) is 34.6 Å². The largest absolute Gasteiger partial charge is 0.496 e. The zero-order valence-corrected chi connectivity index (χ0v) is 10.7. The number of rotatable bonds is 2. The number of aryl methyl sites for hydroxylation is 1. The Kier molecular flexibility index (Phi) is 3.20. The van der Waals surface area contributed by atoms with E-state index in [1.54, 1.807) is 7.11 Å². The van der Waals surface area contributed by atoms with E-state index in [0.29, 0.717) is 5.92 Å². The summed E-state index contributed by atoms with van der Waals surface area (Å²) in [7, 11) is 1.76. The van der Waals surface area contributed by atoms with Gasteiger partial charge in [-0.3, -0.25) is 0 Å². The van der Waals surface area contributed by atoms with E-state index in [1.807, 2.05) is 0 Å². The molecule has 0 amide bonds. The second kappa shape index (κ2) is 4.46. The van der Waals surface area contributed by atoms with Crippen molar-refractivity contribution in [1.82, 2.24) is 5.32 Å². The molecule has 1 saturated heterocycles. The minimum Gasteiger partial charge on any atom is -0.496 e. The molecule has 16 heavy (non-hydrogen) atoms. The lowest BCUT2D eigenvalue weighted by molar-refractivity contribution is 0.407. The molecule has 0 saturated carbocycles. The SMILES string of the molecule is COc1c(C)cc(C2CCNC2)c(C)c1C. The summed E-state index contributed by atoms with van der Waals surface area (Å²) in [5.41, 5.74) is 5.45. The molecule has 88 valence electrons. The van der Waals surface area contributed by atoms with Gasteiger partial charge < -0.3 is 10.1 Å². The summed E-state index contributed by atoms with van der Waals surface area (Å²) < 4.78 is 5.46. The molecule has 1 aliphatic rings. The fraction of sp³-hybridized carbons (Fsp3) is 0.571. The Bertz CT molecular complexity index is 392. The van der Waals surface area contributed by atoms with Crippen LogP contribution >= 0.6 is 0 Å². The van der Waals surface area contributed by atoms with Crippen molar-refractivity contribution in [1.29, 1.82) is 0 Å². The van der Waals surface area contributed by atoms with Gasteiger partial charge in [-0.1, -0.05) is 6.07 Å². The number of nitrogens with one attached hydrogen (secondary N) is 1. The van der Waals surface area contributed by atoms with Crippen LogP contribution in [0, 0.1) is 20.8 Å². The third-order valence-electron chi connectivity index (χ3n) is 3.77. The van der Waals surface area contributed by atoms with Gasteiger partial charge in [0.1, 0.15) is 5.75 Å². The monoisotopic (exact) mass is 219 g/mol. The van der Waals surface area contributed by atoms with Crippen LogP contribution in [0.3, 0.4) is 0 Å². The molecule has 0 aliphatic carbocycles. The lowest BCUT2D eigenvalue weighted by atomic mass is 9.89. The first-order chi connectivity index (χ1) is 7.65. The summed E-state index contributed by atoms with van der Waals surface area (Å²) in [6.45, 7) is 8.77. The molecule has 1 unspecified atom stereocenters. The highest BCUT2D eigenvalue weighted by molar-refractivity contribution is 5.50. The van der Waals surface area contributed by atoms with Crippen LogP contribution in [-0.4, -0.2) is 20.2 Å². The number of benzene rings is 1. The first-order valence-electron chi connectivity index (χ1n) is 6.00. The van der Waals surface area contributed by atoms with Gasteiger partial charge in [0.15, 0.2) is 0 Å². The van der Waals surface area contributed by atoms with E-state index in [9.17, 15) is 0 Å². The van der Waals surface area contributed by atoms with Crippen LogP contribution < -0.4 is 10.1 Å². The summed E-state index contributed by atoms with van der Waals surface area (Å²) in [5.74, 6) is 1.73. The second-order valence-corrected chi connectivity index (χ2v) is 4.76. The van der Waals surface area contributed by atoms with Gasteiger partial charge in [-0.25, -0.2) is 0 Å². The Morgan fingerprint density at radius 2 is 2.00 bits per heavy atom. The molecule has 2 nitrogen and oxygen atoms in total. The molecule has 0 spiro atoms. The quantitative estimate of drug-likeness (QED) is 0.825. The Labute approximate surface area is 98.0 Å². The van der Waals surface area contributed by atoms with E-state index in [2.05, 4.69) is 32.2 Å². The fourth-order valence-corrected chi connectivity index (χ4v) is 2.75. The smallest absolute Gasteiger partial charge is 0.124 e. The van der Waals surface area contributed by atoms with Gasteiger partial charge in [0, 0.05) is 6.54 Å². The highest BCUT2D eigenvalue weighted by Gasteiger charge is 2.21. The molecule has 0 radical (unpaired) electrons. The third kappa shape index (κ3) is 1.82. The van der Waals surface area contributed by atoms with Crippen molar-refractivity contribution in [2.24, 2.45) is 0 Å². The highest BCUT2D eigenvalue weighted by atomic mass is 16.5. The summed E-state index contributed by atoms with van der Waals surface area (Å²) in [4.78, 5) is 0. The van der Waals surface area contributed by atoms with Crippen molar-refractivity contribution in [3.8, 4) is 5.75 Å². The Morgan fingerprint density at radius 3 is 2.56 bits per heavy atom. The predicted molar refractivity (Wildman–Crippen MR) is 67.4 cm³/mol. The minimum absolute atomic E-state index is 0.684. The van der Waals surface area contributed by atoms with E-state index < -0.39 is 0 Å². The van der Waals surface area contributed by atoms with Crippen LogP contribution in [0.25, 0.3) is 0 Å². The van der Waals surface area contributed by atoms with Crippen LogP contribution in [0.2, 0.25) is 0 Å². The van der Waals surface area contributed by atoms with E-state index in [1.165, 1.54) is 28.7 Å². The standard InChI is InChI=1S/C14H21NO/c1-9-7-13(12-5-6-15-8-12)10(2)11(3)14(9)16-4/h7,12,15H,5-6,8H2,1-4H3. The molecular weight excluding hydrogens is 198 g/mol. The second-order valence-electron chi connectivity index (χ2n) is 4.76. The lowest BCUT2D eigenvalue weighted by Gasteiger charge is -2.19. The van der Waals surface area contributed by atoms with Crippen molar-refractivity contribution in [2.45, 2.75) is 33.1 Å². The molecular formula is C14H21NO. The minimum atomic E-state index is 0.684. The van der Waals surface area contributed by atoms with Gasteiger partial charge in [-0.2, -0.15) is 0 Å². The van der Waals surface area contributed by atoms with Gasteiger partial charge in [0.25, 0.3) is 0 Å². The first-order valence-corrected chi connectivity index (χ1v) is 6.00. The molecule has 1 atom stereocenters. The number of ether oxygens (including phenoxy) is 1. The molecule has 2 rings (SSSR count). The molecule has 2 heteroatoms. The normalized spacial score (nSPS) is 20.1. The van der Waals surface area contributed by atoms with Gasteiger partial charge in [0.2, 0.25) is 0 Å². The number of hydrogen-bond donors (Lipinski definition) is 1. The maximum atomic E-state index is 5.46. The van der Waals surface area contributed by atoms with E-state index in [-0.39, 0.29) is 0 Å². The highest BCUT2D eigenvalue weighted by Crippen LogP contribution is 2.34. The van der Waals surface area contributed by atoms with Crippen molar-refractivity contribution in [3.63, 3.8) is 0 Å². The molecule has 1 N–H and O–H groups in total. The maximum Gasteiger partial charge on any atom is 0.124 e. The average molecular weight is 219 g/mol. The summed E-state index contributed by atoms with van der Waals surface area (Å²) in [6, 6.07) is 2.30. The molecule has 0 aromatic heterocycles. The van der Waals surface area contributed by atoms with Crippen molar-refractivity contribution in [3.05, 3.63) is 28.3 Å². The van der Waals surface area contributed by atoms with Crippen LogP contribution in [0.4, 0.5) is 0 Å². The molecule has 1 aromatic carbocycles. The Morgan fingerprint density at radius 1 is 1.25 bits per heavy atom. The molecule has 1 aromatic rings. The third-order valence-corrected chi connectivity index (χ3v) is 3.77. The Balaban J connectivity index is 2.46. The first kappa shape index (κ1) is 11.5. The van der Waals surface area contributed by atoms with Crippen LogP contribution in [-0.2, 0) is 0 Å². The lowest BCUT2D eigenvalue weighted by Crippen LogP contribution is -2.10. The summed E-state index contributed by atoms with van der Waals surface area (Å²) in [5, 5.41) is 3.43. The number of methoxy groups -OCH3 is 1. The summed E-state index contributed by atoms with van der Waals surface area (Å²) in [6.07, 6.45) is 1.26. The molecule has 1 fully saturated rings. The predicted octanol–water partition coefficient (Wildman–Crippen LogP) is 2.70. The summed E-state index contributed by atoms with van der Waals surface area (Å²) >= 11 is 0. The van der Waals surface area contributed by atoms with Gasteiger partial charge in [0.05, 0.1) is 7.11 Å². The maximum absolute atomic E-state index is 5.46. The van der Waals surface area contributed by atoms with Crippen LogP contribution in [0.5, 0.6) is 5.75 Å². The van der Waals surface area contributed by atoms with Gasteiger partial charge in [-0.15, -0.1) is 0 Å². The van der Waals surface area contributed by atoms with Crippen molar-refractivity contribution >= 4 is 0 Å². The molecule has 0 bridgehead atoms. The van der Waals surface area contributed by atoms with E-state index in [4.69, 9.17) is 4.74 Å². The molecule has 1 heterocycles. The molecule has 1 aliphatic heterocycles. The van der Waals surface area contributed by atoms with Gasteiger partial charge >= 0.3 is 0 Å². The number of hydrogen-bond acceptors (Lipinski definition) is 2. The average Bonchev–Trinajstić information content (AvgIpc) is 2.77. The zero-order chi connectivity index (χ0) is 11.7.